The zero-order chi connectivity index (χ0) is 14.8. The van der Waals surface area contributed by atoms with E-state index >= 15 is 0 Å². The Kier molecular flexibility index (Phi) is 3.44. The molecule has 0 saturated heterocycles. The minimum Gasteiger partial charge on any atom is -0.362 e. The molecule has 0 spiro atoms. The van der Waals surface area contributed by atoms with E-state index in [1.165, 1.54) is 5.56 Å². The minimum atomic E-state index is 0.132. The van der Waals surface area contributed by atoms with Crippen molar-refractivity contribution < 1.29 is 4.79 Å². The molecule has 2 aromatic heterocycles. The van der Waals surface area contributed by atoms with Crippen molar-refractivity contribution in [2.75, 3.05) is 5.32 Å². The molecule has 4 nitrogen and oxygen atoms in total. The first-order valence-electron chi connectivity index (χ1n) is 6.94. The van der Waals surface area contributed by atoms with Gasteiger partial charge in [0.15, 0.2) is 12.1 Å². The van der Waals surface area contributed by atoms with Gasteiger partial charge in [0.25, 0.3) is 0 Å². The van der Waals surface area contributed by atoms with Gasteiger partial charge in [-0.3, -0.25) is 4.79 Å². The van der Waals surface area contributed by atoms with Gasteiger partial charge in [0.1, 0.15) is 0 Å². The van der Waals surface area contributed by atoms with Gasteiger partial charge in [0.05, 0.1) is 11.6 Å². The summed E-state index contributed by atoms with van der Waals surface area (Å²) in [7, 11) is 0. The lowest BCUT2D eigenvalue weighted by Crippen LogP contribution is -2.08. The summed E-state index contributed by atoms with van der Waals surface area (Å²) in [5, 5.41) is 4.31. The maximum Gasteiger partial charge on any atom is 0.152 e. The number of pyridine rings is 1. The van der Waals surface area contributed by atoms with E-state index in [9.17, 15) is 4.79 Å². The lowest BCUT2D eigenvalue weighted by Gasteiger charge is -2.15. The van der Waals surface area contributed by atoms with E-state index in [0.717, 1.165) is 28.7 Å². The summed E-state index contributed by atoms with van der Waals surface area (Å²) in [6, 6.07) is 12.2. The fourth-order valence-corrected chi connectivity index (χ4v) is 2.56. The number of fused-ring (bicyclic) bond motifs is 1. The fraction of sp³-hybridized carbons (Fsp3) is 0.176. The van der Waals surface area contributed by atoms with Crippen LogP contribution in [0.4, 0.5) is 5.82 Å². The summed E-state index contributed by atoms with van der Waals surface area (Å²) >= 11 is 0. The Labute approximate surface area is 123 Å². The molecule has 2 N–H and O–H groups in total. The summed E-state index contributed by atoms with van der Waals surface area (Å²) in [6.07, 6.45) is 2.61. The summed E-state index contributed by atoms with van der Waals surface area (Å²) < 4.78 is 0. The number of nitrogens with zero attached hydrogens (tertiary/aromatic N) is 1. The van der Waals surface area contributed by atoms with Crippen LogP contribution < -0.4 is 5.32 Å². The number of nitrogens with one attached hydrogen (secondary N) is 2. The predicted octanol–water partition coefficient (Wildman–Crippen LogP) is 3.86. The average molecular weight is 279 g/mol. The third-order valence-electron chi connectivity index (χ3n) is 3.73. The molecule has 0 aliphatic rings. The van der Waals surface area contributed by atoms with Crippen LogP contribution in [0.3, 0.4) is 0 Å². The van der Waals surface area contributed by atoms with E-state index in [0.29, 0.717) is 5.56 Å². The van der Waals surface area contributed by atoms with Crippen LogP contribution in [-0.4, -0.2) is 16.3 Å². The van der Waals surface area contributed by atoms with Crippen LogP contribution in [0, 0.1) is 6.92 Å². The smallest absolute Gasteiger partial charge is 0.152 e. The Balaban J connectivity index is 2.00. The summed E-state index contributed by atoms with van der Waals surface area (Å²) in [4.78, 5) is 18.8. The Morgan fingerprint density at radius 3 is 2.71 bits per heavy atom. The van der Waals surface area contributed by atoms with Crippen molar-refractivity contribution in [3.8, 4) is 0 Å². The maximum absolute atomic E-state index is 11.2. The van der Waals surface area contributed by atoms with Crippen molar-refractivity contribution in [1.82, 2.24) is 9.97 Å². The van der Waals surface area contributed by atoms with Gasteiger partial charge in [0.2, 0.25) is 0 Å². The Morgan fingerprint density at radius 2 is 2.00 bits per heavy atom. The van der Waals surface area contributed by atoms with Gasteiger partial charge in [-0.2, -0.15) is 0 Å². The standard InChI is InChI=1S/C17H17N3O/c1-11(13-6-4-3-5-7-13)20-17-16-14(8-9-18-17)15(10-21)12(2)19-16/h3-11,19H,1-2H3,(H,18,20)/t11-/m0/s1. The molecule has 21 heavy (non-hydrogen) atoms. The number of carbonyl (C=O) groups excluding carboxylic acids is 1. The van der Waals surface area contributed by atoms with E-state index in [2.05, 4.69) is 34.3 Å². The normalized spacial score (nSPS) is 12.3. The van der Waals surface area contributed by atoms with Gasteiger partial charge >= 0.3 is 0 Å². The maximum atomic E-state index is 11.2. The number of hydrogen-bond acceptors (Lipinski definition) is 3. The second kappa shape index (κ2) is 5.40. The molecule has 0 aliphatic heterocycles. The number of aromatic nitrogens is 2. The third kappa shape index (κ3) is 2.40. The molecule has 106 valence electrons. The number of aromatic amines is 1. The molecule has 3 rings (SSSR count). The molecule has 3 aromatic rings. The summed E-state index contributed by atoms with van der Waals surface area (Å²) in [5.41, 5.74) is 3.63. The Hall–Kier alpha value is -2.62. The van der Waals surface area contributed by atoms with Crippen molar-refractivity contribution in [1.29, 1.82) is 0 Å². The van der Waals surface area contributed by atoms with Crippen molar-refractivity contribution in [2.24, 2.45) is 0 Å². The van der Waals surface area contributed by atoms with Gasteiger partial charge in [-0.25, -0.2) is 4.98 Å². The van der Waals surface area contributed by atoms with E-state index in [1.807, 2.05) is 31.2 Å². The van der Waals surface area contributed by atoms with Crippen LogP contribution in [0.1, 0.15) is 34.6 Å². The van der Waals surface area contributed by atoms with E-state index < -0.39 is 0 Å². The number of benzene rings is 1. The van der Waals surface area contributed by atoms with Crippen LogP contribution in [0.15, 0.2) is 42.6 Å². The highest BCUT2D eigenvalue weighted by atomic mass is 16.1. The number of rotatable bonds is 4. The first kappa shape index (κ1) is 13.4. The third-order valence-corrected chi connectivity index (χ3v) is 3.73. The molecule has 0 bridgehead atoms. The molecule has 1 aromatic carbocycles. The second-order valence-electron chi connectivity index (χ2n) is 5.14. The van der Waals surface area contributed by atoms with Gasteiger partial charge in [-0.05, 0) is 25.5 Å². The molecule has 0 aliphatic carbocycles. The van der Waals surface area contributed by atoms with Crippen LogP contribution in [0.2, 0.25) is 0 Å². The zero-order valence-corrected chi connectivity index (χ0v) is 12.1. The molecular formula is C17H17N3O. The molecule has 0 amide bonds. The zero-order valence-electron chi connectivity index (χ0n) is 12.1. The highest BCUT2D eigenvalue weighted by Crippen LogP contribution is 2.27. The van der Waals surface area contributed by atoms with Gasteiger partial charge in [-0.15, -0.1) is 0 Å². The van der Waals surface area contributed by atoms with Gasteiger partial charge < -0.3 is 10.3 Å². The molecule has 4 heteroatoms. The Morgan fingerprint density at radius 1 is 1.24 bits per heavy atom. The predicted molar refractivity (Wildman–Crippen MR) is 84.7 cm³/mol. The molecule has 0 unspecified atom stereocenters. The summed E-state index contributed by atoms with van der Waals surface area (Å²) in [6.45, 7) is 3.99. The first-order valence-corrected chi connectivity index (χ1v) is 6.94. The number of aryl methyl sites for hydroxylation is 1. The number of carbonyl (C=O) groups is 1. The van der Waals surface area contributed by atoms with Crippen molar-refractivity contribution in [3.63, 3.8) is 0 Å². The monoisotopic (exact) mass is 279 g/mol. The minimum absolute atomic E-state index is 0.132. The Bertz CT molecular complexity index is 777. The average Bonchev–Trinajstić information content (AvgIpc) is 2.84. The van der Waals surface area contributed by atoms with Crippen LogP contribution in [-0.2, 0) is 0 Å². The SMILES string of the molecule is Cc1[nH]c2c(N[C@@H](C)c3ccccc3)nccc2c1C=O. The lowest BCUT2D eigenvalue weighted by atomic mass is 10.1. The van der Waals surface area contributed by atoms with Crippen LogP contribution >= 0.6 is 0 Å². The second-order valence-corrected chi connectivity index (χ2v) is 5.14. The van der Waals surface area contributed by atoms with Gasteiger partial charge in [0, 0.05) is 22.8 Å². The van der Waals surface area contributed by atoms with E-state index in [4.69, 9.17) is 0 Å². The molecule has 1 atom stereocenters. The highest BCUT2D eigenvalue weighted by molar-refractivity contribution is 6.02. The molecular weight excluding hydrogens is 262 g/mol. The fourth-order valence-electron chi connectivity index (χ4n) is 2.56. The molecule has 0 radical (unpaired) electrons. The van der Waals surface area contributed by atoms with Crippen molar-refractivity contribution >= 4 is 23.0 Å². The van der Waals surface area contributed by atoms with E-state index in [-0.39, 0.29) is 6.04 Å². The van der Waals surface area contributed by atoms with Crippen molar-refractivity contribution in [3.05, 3.63) is 59.4 Å². The number of hydrogen-bond donors (Lipinski definition) is 2. The van der Waals surface area contributed by atoms with Crippen molar-refractivity contribution in [2.45, 2.75) is 19.9 Å². The molecule has 0 fully saturated rings. The van der Waals surface area contributed by atoms with Crippen LogP contribution in [0.5, 0.6) is 0 Å². The summed E-state index contributed by atoms with van der Waals surface area (Å²) in [5.74, 6) is 0.764. The van der Waals surface area contributed by atoms with Gasteiger partial charge in [-0.1, -0.05) is 30.3 Å². The molecule has 0 saturated carbocycles. The number of anilines is 1. The largest absolute Gasteiger partial charge is 0.362 e. The topological polar surface area (TPSA) is 57.8 Å². The molecule has 2 heterocycles. The number of aldehydes is 1. The first-order chi connectivity index (χ1) is 10.2. The number of H-pyrrole nitrogens is 1. The quantitative estimate of drug-likeness (QED) is 0.713. The van der Waals surface area contributed by atoms with Crippen LogP contribution in [0.25, 0.3) is 10.9 Å². The lowest BCUT2D eigenvalue weighted by molar-refractivity contribution is 0.112. The highest BCUT2D eigenvalue weighted by Gasteiger charge is 2.13. The van der Waals surface area contributed by atoms with E-state index in [1.54, 1.807) is 6.20 Å².